The lowest BCUT2D eigenvalue weighted by atomic mass is 10.1. The maximum Gasteiger partial charge on any atom is 0.242 e. The second-order valence-corrected chi connectivity index (χ2v) is 3.61. The summed E-state index contributed by atoms with van der Waals surface area (Å²) in [6, 6.07) is -0.122. The number of rotatable bonds is 3. The predicted molar refractivity (Wildman–Crippen MR) is 56.4 cm³/mol. The van der Waals surface area contributed by atoms with Crippen LogP contribution in [-0.2, 0) is 4.79 Å². The molecule has 0 aromatic heterocycles. The van der Waals surface area contributed by atoms with E-state index >= 15 is 0 Å². The van der Waals surface area contributed by atoms with E-state index in [0.717, 1.165) is 25.8 Å². The lowest BCUT2D eigenvalue weighted by molar-refractivity contribution is -0.127. The SMILES string of the molecule is CCCC(=N)N1CCNC(=O)C1CC. The zero-order chi connectivity index (χ0) is 10.6. The van der Waals surface area contributed by atoms with Crippen molar-refractivity contribution in [3.63, 3.8) is 0 Å². The molecule has 1 heterocycles. The monoisotopic (exact) mass is 197 g/mol. The van der Waals surface area contributed by atoms with E-state index in [-0.39, 0.29) is 11.9 Å². The molecule has 1 aliphatic heterocycles. The summed E-state index contributed by atoms with van der Waals surface area (Å²) in [5.41, 5.74) is 0. The molecule has 1 fully saturated rings. The summed E-state index contributed by atoms with van der Waals surface area (Å²) in [5, 5.41) is 10.7. The molecule has 80 valence electrons. The molecular formula is C10H19N3O. The number of carbonyl (C=O) groups excluding carboxylic acids is 1. The number of hydrogen-bond donors (Lipinski definition) is 2. The highest BCUT2D eigenvalue weighted by Crippen LogP contribution is 2.10. The van der Waals surface area contributed by atoms with Crippen LogP contribution in [0.3, 0.4) is 0 Å². The molecule has 14 heavy (non-hydrogen) atoms. The number of piperazine rings is 1. The highest BCUT2D eigenvalue weighted by molar-refractivity contribution is 5.89. The van der Waals surface area contributed by atoms with Crippen LogP contribution >= 0.6 is 0 Å². The Morgan fingerprint density at radius 1 is 1.64 bits per heavy atom. The van der Waals surface area contributed by atoms with Crippen molar-refractivity contribution in [3.8, 4) is 0 Å². The van der Waals surface area contributed by atoms with Crippen molar-refractivity contribution in [2.45, 2.75) is 39.2 Å². The second kappa shape index (κ2) is 4.98. The Morgan fingerprint density at radius 3 is 2.93 bits per heavy atom. The lowest BCUT2D eigenvalue weighted by Gasteiger charge is -2.36. The largest absolute Gasteiger partial charge is 0.353 e. The van der Waals surface area contributed by atoms with Gasteiger partial charge >= 0.3 is 0 Å². The third-order valence-electron chi connectivity index (χ3n) is 2.55. The summed E-state index contributed by atoms with van der Waals surface area (Å²) in [4.78, 5) is 13.4. The van der Waals surface area contributed by atoms with Gasteiger partial charge in [-0.3, -0.25) is 10.2 Å². The van der Waals surface area contributed by atoms with Crippen LogP contribution in [0.25, 0.3) is 0 Å². The number of carbonyl (C=O) groups is 1. The van der Waals surface area contributed by atoms with E-state index in [1.165, 1.54) is 0 Å². The first kappa shape index (κ1) is 11.0. The zero-order valence-electron chi connectivity index (χ0n) is 8.97. The topological polar surface area (TPSA) is 56.2 Å². The van der Waals surface area contributed by atoms with Crippen molar-refractivity contribution < 1.29 is 4.79 Å². The minimum atomic E-state index is -0.122. The van der Waals surface area contributed by atoms with Crippen molar-refractivity contribution in [1.82, 2.24) is 10.2 Å². The first-order valence-corrected chi connectivity index (χ1v) is 5.32. The van der Waals surface area contributed by atoms with Gasteiger partial charge in [0.1, 0.15) is 6.04 Å². The standard InChI is InChI=1S/C10H19N3O/c1-3-5-9(11)13-7-6-12-10(14)8(13)4-2/h8,11H,3-7H2,1-2H3,(H,12,14). The van der Waals surface area contributed by atoms with Gasteiger partial charge in [-0.25, -0.2) is 0 Å². The van der Waals surface area contributed by atoms with Crippen molar-refractivity contribution in [3.05, 3.63) is 0 Å². The van der Waals surface area contributed by atoms with Gasteiger partial charge in [-0.1, -0.05) is 13.8 Å². The van der Waals surface area contributed by atoms with Gasteiger partial charge in [-0.15, -0.1) is 0 Å². The van der Waals surface area contributed by atoms with Crippen LogP contribution in [0.4, 0.5) is 0 Å². The Hall–Kier alpha value is -1.06. The fourth-order valence-corrected chi connectivity index (χ4v) is 1.82. The van der Waals surface area contributed by atoms with Gasteiger partial charge in [0.25, 0.3) is 0 Å². The smallest absolute Gasteiger partial charge is 0.242 e. The van der Waals surface area contributed by atoms with Crippen LogP contribution in [-0.4, -0.2) is 35.8 Å². The predicted octanol–water partition coefficient (Wildman–Crippen LogP) is 0.974. The van der Waals surface area contributed by atoms with E-state index in [2.05, 4.69) is 12.2 Å². The summed E-state index contributed by atoms with van der Waals surface area (Å²) in [7, 11) is 0. The average Bonchev–Trinajstić information content (AvgIpc) is 2.17. The van der Waals surface area contributed by atoms with Gasteiger partial charge in [0.05, 0.1) is 5.84 Å². The highest BCUT2D eigenvalue weighted by Gasteiger charge is 2.28. The van der Waals surface area contributed by atoms with Crippen LogP contribution in [0.2, 0.25) is 0 Å². The van der Waals surface area contributed by atoms with Crippen molar-refractivity contribution in [2.75, 3.05) is 13.1 Å². The fourth-order valence-electron chi connectivity index (χ4n) is 1.82. The van der Waals surface area contributed by atoms with Crippen LogP contribution in [0.15, 0.2) is 0 Å². The molecule has 2 N–H and O–H groups in total. The van der Waals surface area contributed by atoms with Crippen LogP contribution in [0.5, 0.6) is 0 Å². The van der Waals surface area contributed by atoms with Crippen molar-refractivity contribution in [1.29, 1.82) is 5.41 Å². The highest BCUT2D eigenvalue weighted by atomic mass is 16.2. The van der Waals surface area contributed by atoms with Crippen LogP contribution in [0, 0.1) is 5.41 Å². The molecule has 0 radical (unpaired) electrons. The first-order chi connectivity index (χ1) is 6.70. The molecule has 0 spiro atoms. The summed E-state index contributed by atoms with van der Waals surface area (Å²) >= 11 is 0. The molecule has 4 heteroatoms. The Kier molecular flexibility index (Phi) is 3.92. The molecule has 0 aromatic carbocycles. The van der Waals surface area contributed by atoms with Crippen LogP contribution in [0.1, 0.15) is 33.1 Å². The number of amidine groups is 1. The molecule has 1 aliphatic rings. The third kappa shape index (κ3) is 2.25. The second-order valence-electron chi connectivity index (χ2n) is 3.61. The molecule has 0 aromatic rings. The van der Waals surface area contributed by atoms with Gasteiger partial charge in [0.15, 0.2) is 0 Å². The average molecular weight is 197 g/mol. The maximum atomic E-state index is 11.5. The summed E-state index contributed by atoms with van der Waals surface area (Å²) < 4.78 is 0. The van der Waals surface area contributed by atoms with Gasteiger partial charge in [0, 0.05) is 19.5 Å². The first-order valence-electron chi connectivity index (χ1n) is 5.32. The van der Waals surface area contributed by atoms with Gasteiger partial charge < -0.3 is 10.2 Å². The Balaban J connectivity index is 2.64. The minimum Gasteiger partial charge on any atom is -0.353 e. The zero-order valence-corrected chi connectivity index (χ0v) is 8.97. The van der Waals surface area contributed by atoms with Crippen molar-refractivity contribution in [2.24, 2.45) is 0 Å². The van der Waals surface area contributed by atoms with E-state index in [4.69, 9.17) is 5.41 Å². The molecule has 4 nitrogen and oxygen atoms in total. The van der Waals surface area contributed by atoms with E-state index < -0.39 is 0 Å². The van der Waals surface area contributed by atoms with Gasteiger partial charge in [0.2, 0.25) is 5.91 Å². The quantitative estimate of drug-likeness (QED) is 0.523. The summed E-state index contributed by atoms with van der Waals surface area (Å²) in [6.45, 7) is 5.49. The molecule has 1 saturated heterocycles. The lowest BCUT2D eigenvalue weighted by Crippen LogP contribution is -2.56. The molecule has 1 unspecified atom stereocenters. The maximum absolute atomic E-state index is 11.5. The van der Waals surface area contributed by atoms with Crippen LogP contribution < -0.4 is 5.32 Å². The molecule has 0 bridgehead atoms. The van der Waals surface area contributed by atoms with E-state index in [1.807, 2.05) is 11.8 Å². The number of nitrogens with one attached hydrogen (secondary N) is 2. The molecule has 0 aliphatic carbocycles. The van der Waals surface area contributed by atoms with E-state index in [1.54, 1.807) is 0 Å². The Bertz CT molecular complexity index is 227. The molecular weight excluding hydrogens is 178 g/mol. The Morgan fingerprint density at radius 2 is 2.36 bits per heavy atom. The number of nitrogens with zero attached hydrogens (tertiary/aromatic N) is 1. The Labute approximate surface area is 85.2 Å². The minimum absolute atomic E-state index is 0.0691. The molecule has 1 amide bonds. The third-order valence-corrected chi connectivity index (χ3v) is 2.55. The van der Waals surface area contributed by atoms with E-state index in [9.17, 15) is 4.79 Å². The van der Waals surface area contributed by atoms with Gasteiger partial charge in [-0.2, -0.15) is 0 Å². The molecule has 1 atom stereocenters. The number of hydrogen-bond acceptors (Lipinski definition) is 2. The molecule has 0 saturated carbocycles. The summed E-state index contributed by atoms with van der Waals surface area (Å²) in [5.74, 6) is 0.675. The molecule has 1 rings (SSSR count). The van der Waals surface area contributed by atoms with E-state index in [0.29, 0.717) is 12.4 Å². The normalized spacial score (nSPS) is 22.0. The summed E-state index contributed by atoms with van der Waals surface area (Å²) in [6.07, 6.45) is 2.51. The van der Waals surface area contributed by atoms with Crippen molar-refractivity contribution >= 4 is 11.7 Å². The number of amides is 1. The fraction of sp³-hybridized carbons (Fsp3) is 0.800. The van der Waals surface area contributed by atoms with Gasteiger partial charge in [-0.05, 0) is 12.8 Å².